The molecule has 9 nitrogen and oxygen atoms in total. The minimum absolute atomic E-state index is 0.0594. The molecule has 0 aromatic rings. The number of carbonyl (C=O) groups is 1. The van der Waals surface area contributed by atoms with E-state index < -0.39 is 60.9 Å². The molecule has 0 bridgehead atoms. The van der Waals surface area contributed by atoms with E-state index >= 15 is 0 Å². The summed E-state index contributed by atoms with van der Waals surface area (Å²) in [5.41, 5.74) is -0.223. The minimum atomic E-state index is -1.63. The summed E-state index contributed by atoms with van der Waals surface area (Å²) in [6.07, 6.45) is -0.00749. The Morgan fingerprint density at radius 3 is 2.27 bits per heavy atom. The van der Waals surface area contributed by atoms with E-state index in [1.54, 1.807) is 0 Å². The molecule has 0 amide bonds. The van der Waals surface area contributed by atoms with Crippen LogP contribution >= 0.6 is 0 Å². The Bertz CT molecular complexity index is 1200. The molecule has 4 saturated carbocycles. The summed E-state index contributed by atoms with van der Waals surface area (Å²) in [6, 6.07) is 0. The zero-order chi connectivity index (χ0) is 33.1. The van der Waals surface area contributed by atoms with E-state index in [1.165, 1.54) is 5.57 Å². The first-order valence-electron chi connectivity index (χ1n) is 17.5. The van der Waals surface area contributed by atoms with Crippen LogP contribution in [0.25, 0.3) is 0 Å². The van der Waals surface area contributed by atoms with Gasteiger partial charge in [-0.25, -0.2) is 0 Å². The molecule has 45 heavy (non-hydrogen) atoms. The van der Waals surface area contributed by atoms with Crippen molar-refractivity contribution in [3.8, 4) is 0 Å². The van der Waals surface area contributed by atoms with E-state index in [1.807, 2.05) is 0 Å². The van der Waals surface area contributed by atoms with Crippen LogP contribution in [0.4, 0.5) is 0 Å². The fourth-order valence-electron chi connectivity index (χ4n) is 12.4. The van der Waals surface area contributed by atoms with Crippen molar-refractivity contribution in [3.05, 3.63) is 11.6 Å². The Hall–Kier alpha value is -1.07. The lowest BCUT2D eigenvalue weighted by Crippen LogP contribution is -2.67. The molecule has 5 aliphatic carbocycles. The SMILES string of the molecule is CC1CC[C@]2(C(=O)OC3OC(CO)C(O)C(O)C3O)CC[C@]3(C)C(=CCC4[C@@]5(C)CC(O)C(O)C(C)(C)C5CC[C@]43C)C2C1C. The number of aliphatic hydroxyl groups is 6. The van der Waals surface area contributed by atoms with Crippen LogP contribution in [0.5, 0.6) is 0 Å². The normalized spacial score (nSPS) is 55.7. The summed E-state index contributed by atoms with van der Waals surface area (Å²) >= 11 is 0. The second kappa shape index (κ2) is 11.0. The number of hydrogen-bond donors (Lipinski definition) is 6. The van der Waals surface area contributed by atoms with Crippen LogP contribution in [0.3, 0.4) is 0 Å². The van der Waals surface area contributed by atoms with Gasteiger partial charge in [0, 0.05) is 0 Å². The minimum Gasteiger partial charge on any atom is -0.432 e. The lowest BCUT2D eigenvalue weighted by atomic mass is 9.33. The van der Waals surface area contributed by atoms with E-state index in [2.05, 4.69) is 54.5 Å². The zero-order valence-electron chi connectivity index (χ0n) is 28.3. The van der Waals surface area contributed by atoms with Gasteiger partial charge in [-0.15, -0.1) is 0 Å². The highest BCUT2D eigenvalue weighted by Gasteiger charge is 2.70. The van der Waals surface area contributed by atoms with Gasteiger partial charge in [0.2, 0.25) is 6.29 Å². The average molecular weight is 635 g/mol. The number of esters is 1. The van der Waals surface area contributed by atoms with Crippen LogP contribution < -0.4 is 0 Å². The van der Waals surface area contributed by atoms with Crippen molar-refractivity contribution in [2.24, 2.45) is 56.7 Å². The number of carbonyl (C=O) groups excluding carboxylic acids is 1. The van der Waals surface area contributed by atoms with Crippen molar-refractivity contribution >= 4 is 5.97 Å². The molecule has 1 heterocycles. The molecular formula is C36H58O9. The van der Waals surface area contributed by atoms with Crippen LogP contribution in [-0.4, -0.2) is 86.1 Å². The van der Waals surface area contributed by atoms with E-state index in [4.69, 9.17) is 9.47 Å². The Balaban J connectivity index is 1.37. The number of allylic oxidation sites excluding steroid dienone is 2. The highest BCUT2D eigenvalue weighted by molar-refractivity contribution is 5.79. The lowest BCUT2D eigenvalue weighted by Gasteiger charge is -2.71. The standard InChI is InChI=1S/C36H58O9/c1-18-10-13-36(31(43)45-30-28(41)27(40)26(39)22(17-37)44-30)15-14-34(6)20(25(36)19(18)2)8-9-24-33(5)16-21(38)29(42)32(3,4)23(33)11-12-35(24,34)7/h8,18-19,21-30,37-42H,9-17H2,1-7H3/t18?,19?,21?,22?,23?,24?,25?,26?,27?,28?,29?,30?,33-,34+,35+,36-/m0/s1. The van der Waals surface area contributed by atoms with Crippen LogP contribution in [0.2, 0.25) is 0 Å². The van der Waals surface area contributed by atoms with Gasteiger partial charge in [-0.05, 0) is 103 Å². The van der Waals surface area contributed by atoms with Gasteiger partial charge in [-0.1, -0.05) is 60.1 Å². The lowest BCUT2D eigenvalue weighted by molar-refractivity contribution is -0.297. The number of ether oxygens (including phenoxy) is 2. The van der Waals surface area contributed by atoms with Crippen molar-refractivity contribution in [2.45, 2.75) is 143 Å². The Kier molecular flexibility index (Phi) is 8.25. The average Bonchev–Trinajstić information content (AvgIpc) is 2.98. The number of hydrogen-bond acceptors (Lipinski definition) is 9. The highest BCUT2D eigenvalue weighted by atomic mass is 16.7. The molecule has 1 aliphatic heterocycles. The summed E-state index contributed by atoms with van der Waals surface area (Å²) in [4.78, 5) is 14.4. The molecular weight excluding hydrogens is 576 g/mol. The van der Waals surface area contributed by atoms with Gasteiger partial charge in [0.15, 0.2) is 0 Å². The summed E-state index contributed by atoms with van der Waals surface area (Å²) < 4.78 is 11.6. The Morgan fingerprint density at radius 2 is 1.60 bits per heavy atom. The molecule has 6 N–H and O–H groups in total. The van der Waals surface area contributed by atoms with Gasteiger partial charge in [0.25, 0.3) is 0 Å². The van der Waals surface area contributed by atoms with Crippen LogP contribution in [-0.2, 0) is 14.3 Å². The first-order valence-corrected chi connectivity index (χ1v) is 17.5. The maximum Gasteiger partial charge on any atom is 0.315 e. The van der Waals surface area contributed by atoms with Crippen molar-refractivity contribution in [1.82, 2.24) is 0 Å². The zero-order valence-corrected chi connectivity index (χ0v) is 28.3. The summed E-state index contributed by atoms with van der Waals surface area (Å²) in [5, 5.41) is 63.2. The molecule has 6 aliphatic rings. The number of aliphatic hydroxyl groups excluding tert-OH is 6. The molecule has 6 rings (SSSR count). The second-order valence-electron chi connectivity index (χ2n) is 17.4. The van der Waals surface area contributed by atoms with Gasteiger partial charge in [-0.2, -0.15) is 0 Å². The third-order valence-electron chi connectivity index (χ3n) is 15.4. The monoisotopic (exact) mass is 634 g/mol. The molecule has 16 atom stereocenters. The van der Waals surface area contributed by atoms with Crippen LogP contribution in [0, 0.1) is 56.7 Å². The van der Waals surface area contributed by atoms with Gasteiger partial charge in [0.1, 0.15) is 24.4 Å². The topological polar surface area (TPSA) is 157 Å². The molecule has 5 fully saturated rings. The molecule has 256 valence electrons. The molecule has 0 aromatic heterocycles. The highest BCUT2D eigenvalue weighted by Crippen LogP contribution is 2.75. The first kappa shape index (κ1) is 33.8. The van der Waals surface area contributed by atoms with Crippen LogP contribution in [0.15, 0.2) is 11.6 Å². The first-order chi connectivity index (χ1) is 20.9. The van der Waals surface area contributed by atoms with Gasteiger partial charge in [-0.3, -0.25) is 4.79 Å². The summed E-state index contributed by atoms with van der Waals surface area (Å²) in [5.74, 6) is 0.739. The number of rotatable bonds is 3. The van der Waals surface area contributed by atoms with Crippen molar-refractivity contribution < 1.29 is 44.9 Å². The van der Waals surface area contributed by atoms with E-state index in [0.717, 1.165) is 32.1 Å². The second-order valence-corrected chi connectivity index (χ2v) is 17.4. The summed E-state index contributed by atoms with van der Waals surface area (Å²) in [6.45, 7) is 15.4. The van der Waals surface area contributed by atoms with Crippen molar-refractivity contribution in [2.75, 3.05) is 6.61 Å². The Labute approximate surface area is 268 Å². The van der Waals surface area contributed by atoms with Gasteiger partial charge >= 0.3 is 5.97 Å². The van der Waals surface area contributed by atoms with E-state index in [0.29, 0.717) is 37.0 Å². The quantitative estimate of drug-likeness (QED) is 0.203. The third-order valence-corrected chi connectivity index (χ3v) is 15.4. The number of fused-ring (bicyclic) bond motifs is 7. The van der Waals surface area contributed by atoms with Gasteiger partial charge < -0.3 is 40.1 Å². The van der Waals surface area contributed by atoms with Crippen molar-refractivity contribution in [3.63, 3.8) is 0 Å². The molecule has 9 heteroatoms. The molecule has 1 saturated heterocycles. The molecule has 0 aromatic carbocycles. The van der Waals surface area contributed by atoms with E-state index in [9.17, 15) is 35.4 Å². The largest absolute Gasteiger partial charge is 0.432 e. The molecule has 0 radical (unpaired) electrons. The molecule has 0 spiro atoms. The van der Waals surface area contributed by atoms with Crippen molar-refractivity contribution in [1.29, 1.82) is 0 Å². The maximum absolute atomic E-state index is 14.4. The third kappa shape index (κ3) is 4.46. The predicted molar refractivity (Wildman–Crippen MR) is 166 cm³/mol. The molecule has 12 unspecified atom stereocenters. The Morgan fingerprint density at radius 1 is 0.911 bits per heavy atom. The summed E-state index contributed by atoms with van der Waals surface area (Å²) in [7, 11) is 0. The maximum atomic E-state index is 14.4. The smallest absolute Gasteiger partial charge is 0.315 e. The fraction of sp³-hybridized carbons (Fsp3) is 0.917. The van der Waals surface area contributed by atoms with Gasteiger partial charge in [0.05, 0.1) is 24.2 Å². The fourth-order valence-corrected chi connectivity index (χ4v) is 12.4. The van der Waals surface area contributed by atoms with Crippen LogP contribution in [0.1, 0.15) is 99.8 Å². The predicted octanol–water partition coefficient (Wildman–Crippen LogP) is 3.32. The van der Waals surface area contributed by atoms with E-state index in [-0.39, 0.29) is 33.5 Å².